The van der Waals surface area contributed by atoms with E-state index in [0.717, 1.165) is 18.5 Å². The molecule has 0 unspecified atom stereocenters. The topological polar surface area (TPSA) is 37.4 Å². The molecule has 4 heteroatoms. The molecule has 0 saturated carbocycles. The summed E-state index contributed by atoms with van der Waals surface area (Å²) in [4.78, 5) is 25.6. The maximum atomic E-state index is 12.0. The van der Waals surface area contributed by atoms with Crippen molar-refractivity contribution in [2.45, 2.75) is 45.4 Å². The van der Waals surface area contributed by atoms with E-state index in [1.807, 2.05) is 12.1 Å². The maximum Gasteiger partial charge on any atom is 0.299 e. The van der Waals surface area contributed by atoms with Gasteiger partial charge in [-0.25, -0.2) is 0 Å². The van der Waals surface area contributed by atoms with Crippen molar-refractivity contribution < 1.29 is 9.59 Å². The van der Waals surface area contributed by atoms with Crippen LogP contribution in [0.25, 0.3) is 0 Å². The van der Waals surface area contributed by atoms with Crippen molar-refractivity contribution in [3.8, 4) is 0 Å². The van der Waals surface area contributed by atoms with Gasteiger partial charge in [0.2, 0.25) is 0 Å². The number of benzene rings is 1. The van der Waals surface area contributed by atoms with Crippen LogP contribution in [0.4, 0.5) is 5.69 Å². The van der Waals surface area contributed by atoms with Crippen LogP contribution in [-0.4, -0.2) is 18.2 Å². The minimum Gasteiger partial charge on any atom is -0.305 e. The number of Topliss-reactive ketones (excluding diaryl/α,β-unsaturated/α-hetero) is 1. The first-order chi connectivity index (χ1) is 9.66. The summed E-state index contributed by atoms with van der Waals surface area (Å²) < 4.78 is 0.707. The lowest BCUT2D eigenvalue weighted by molar-refractivity contribution is -0.114. The number of carbonyl (C=O) groups is 2. The van der Waals surface area contributed by atoms with Gasteiger partial charge < -0.3 is 4.90 Å². The minimum absolute atomic E-state index is 0.388. The first-order valence-electron chi connectivity index (χ1n) is 7.31. The zero-order valence-electron chi connectivity index (χ0n) is 11.8. The molecule has 3 nitrogen and oxygen atoms in total. The summed E-state index contributed by atoms with van der Waals surface area (Å²) in [7, 11) is 0. The number of anilines is 1. The number of hydrogen-bond acceptors (Lipinski definition) is 2. The number of unbranched alkanes of at least 4 members (excludes halogenated alkanes) is 5. The maximum absolute atomic E-state index is 12.0. The lowest BCUT2D eigenvalue weighted by Crippen LogP contribution is -2.30. The van der Waals surface area contributed by atoms with Gasteiger partial charge in [-0.1, -0.05) is 45.1 Å². The first kappa shape index (κ1) is 15.2. The Morgan fingerprint density at radius 2 is 1.75 bits per heavy atom. The summed E-state index contributed by atoms with van der Waals surface area (Å²) in [5.74, 6) is -0.779. The van der Waals surface area contributed by atoms with E-state index in [-0.39, 0.29) is 5.91 Å². The Kier molecular flexibility index (Phi) is 5.35. The third-order valence-corrected chi connectivity index (χ3v) is 4.34. The van der Waals surface area contributed by atoms with Crippen molar-refractivity contribution in [2.24, 2.45) is 0 Å². The van der Waals surface area contributed by atoms with Crippen molar-refractivity contribution in [3.63, 3.8) is 0 Å². The highest BCUT2D eigenvalue weighted by molar-refractivity contribution is 9.10. The molecule has 0 atom stereocenters. The Balaban J connectivity index is 1.95. The third-order valence-electron chi connectivity index (χ3n) is 3.68. The standard InChI is InChI=1S/C16H20BrNO2/c1-2-3-4-5-6-7-11-18-13-10-8-9-12(17)14(13)15(19)16(18)20/h8-10H,2-7,11H2,1H3. The second kappa shape index (κ2) is 7.02. The molecule has 0 aromatic heterocycles. The fourth-order valence-electron chi connectivity index (χ4n) is 2.57. The Bertz CT molecular complexity index is 513. The molecule has 1 aromatic rings. The normalized spacial score (nSPS) is 14.0. The lowest BCUT2D eigenvalue weighted by atomic mass is 10.1. The van der Waals surface area contributed by atoms with Crippen LogP contribution in [-0.2, 0) is 4.79 Å². The smallest absolute Gasteiger partial charge is 0.299 e. The molecule has 0 aliphatic carbocycles. The van der Waals surface area contributed by atoms with E-state index in [9.17, 15) is 9.59 Å². The van der Waals surface area contributed by atoms with Crippen molar-refractivity contribution >= 4 is 33.3 Å². The fraction of sp³-hybridized carbons (Fsp3) is 0.500. The Morgan fingerprint density at radius 1 is 1.05 bits per heavy atom. The summed E-state index contributed by atoms with van der Waals surface area (Å²) in [5, 5.41) is 0. The summed E-state index contributed by atoms with van der Waals surface area (Å²) in [6.07, 6.45) is 7.04. The highest BCUT2D eigenvalue weighted by Crippen LogP contribution is 2.34. The van der Waals surface area contributed by atoms with Gasteiger partial charge >= 0.3 is 0 Å². The summed E-state index contributed by atoms with van der Waals surface area (Å²) in [6.45, 7) is 2.84. The third kappa shape index (κ3) is 3.11. The molecule has 0 radical (unpaired) electrons. The van der Waals surface area contributed by atoms with Gasteiger partial charge in [0, 0.05) is 11.0 Å². The quantitative estimate of drug-likeness (QED) is 0.548. The van der Waals surface area contributed by atoms with E-state index in [1.165, 1.54) is 25.7 Å². The highest BCUT2D eigenvalue weighted by Gasteiger charge is 2.36. The largest absolute Gasteiger partial charge is 0.305 e. The predicted octanol–water partition coefficient (Wildman–Crippen LogP) is 4.34. The number of ketones is 1. The molecule has 0 bridgehead atoms. The molecule has 0 N–H and O–H groups in total. The van der Waals surface area contributed by atoms with Crippen LogP contribution in [0.1, 0.15) is 55.8 Å². The zero-order chi connectivity index (χ0) is 14.5. The minimum atomic E-state index is -0.390. The summed E-state index contributed by atoms with van der Waals surface area (Å²) in [6, 6.07) is 5.52. The van der Waals surface area contributed by atoms with Gasteiger partial charge in [0.05, 0.1) is 11.3 Å². The van der Waals surface area contributed by atoms with Crippen LogP contribution in [0.2, 0.25) is 0 Å². The monoisotopic (exact) mass is 337 g/mol. The molecule has 0 spiro atoms. The van der Waals surface area contributed by atoms with E-state index < -0.39 is 5.78 Å². The molecule has 0 saturated heterocycles. The van der Waals surface area contributed by atoms with Crippen molar-refractivity contribution in [2.75, 3.05) is 11.4 Å². The fourth-order valence-corrected chi connectivity index (χ4v) is 3.11. The first-order valence-corrected chi connectivity index (χ1v) is 8.10. The number of halogens is 1. The van der Waals surface area contributed by atoms with Crippen LogP contribution in [0, 0.1) is 0 Å². The molecule has 1 aliphatic heterocycles. The van der Waals surface area contributed by atoms with Gasteiger partial charge in [0.25, 0.3) is 11.7 Å². The average molecular weight is 338 g/mol. The molecule has 108 valence electrons. The molecule has 1 aliphatic rings. The molecule has 2 rings (SSSR count). The molecule has 1 heterocycles. The molecule has 1 aromatic carbocycles. The Morgan fingerprint density at radius 3 is 2.50 bits per heavy atom. The number of rotatable bonds is 7. The Hall–Kier alpha value is -1.16. The van der Waals surface area contributed by atoms with Crippen molar-refractivity contribution in [1.29, 1.82) is 0 Å². The van der Waals surface area contributed by atoms with E-state index in [0.29, 0.717) is 16.6 Å². The van der Waals surface area contributed by atoms with Gasteiger partial charge in [-0.05, 0) is 34.5 Å². The van der Waals surface area contributed by atoms with Crippen LogP contribution in [0.15, 0.2) is 22.7 Å². The van der Waals surface area contributed by atoms with E-state index >= 15 is 0 Å². The number of nitrogens with zero attached hydrogens (tertiary/aromatic N) is 1. The Labute approximate surface area is 128 Å². The number of fused-ring (bicyclic) bond motifs is 1. The van der Waals surface area contributed by atoms with Gasteiger partial charge in [0.15, 0.2) is 0 Å². The summed E-state index contributed by atoms with van der Waals surface area (Å²) >= 11 is 3.35. The van der Waals surface area contributed by atoms with Gasteiger partial charge in [-0.3, -0.25) is 9.59 Å². The van der Waals surface area contributed by atoms with Gasteiger partial charge in [-0.2, -0.15) is 0 Å². The van der Waals surface area contributed by atoms with Crippen LogP contribution in [0.5, 0.6) is 0 Å². The van der Waals surface area contributed by atoms with Crippen LogP contribution < -0.4 is 4.90 Å². The second-order valence-corrected chi connectivity index (χ2v) is 6.04. The van der Waals surface area contributed by atoms with Gasteiger partial charge in [-0.15, -0.1) is 0 Å². The molecule has 20 heavy (non-hydrogen) atoms. The molecule has 1 amide bonds. The van der Waals surface area contributed by atoms with Crippen molar-refractivity contribution in [3.05, 3.63) is 28.2 Å². The van der Waals surface area contributed by atoms with E-state index in [2.05, 4.69) is 22.9 Å². The summed E-state index contributed by atoms with van der Waals surface area (Å²) in [5.41, 5.74) is 1.27. The highest BCUT2D eigenvalue weighted by atomic mass is 79.9. The second-order valence-electron chi connectivity index (χ2n) is 5.19. The lowest BCUT2D eigenvalue weighted by Gasteiger charge is -2.16. The van der Waals surface area contributed by atoms with E-state index in [4.69, 9.17) is 0 Å². The van der Waals surface area contributed by atoms with Gasteiger partial charge in [0.1, 0.15) is 0 Å². The SMILES string of the molecule is CCCCCCCCN1C(=O)C(=O)c2c(Br)cccc21. The number of carbonyl (C=O) groups excluding carboxylic acids is 2. The van der Waals surface area contributed by atoms with E-state index in [1.54, 1.807) is 11.0 Å². The van der Waals surface area contributed by atoms with Crippen LogP contribution in [0.3, 0.4) is 0 Å². The predicted molar refractivity (Wildman–Crippen MR) is 84.2 cm³/mol. The number of amides is 1. The van der Waals surface area contributed by atoms with Crippen LogP contribution >= 0.6 is 15.9 Å². The zero-order valence-corrected chi connectivity index (χ0v) is 13.4. The van der Waals surface area contributed by atoms with Crippen molar-refractivity contribution in [1.82, 2.24) is 0 Å². The molecular formula is C16H20BrNO2. The number of hydrogen-bond donors (Lipinski definition) is 0. The average Bonchev–Trinajstić information content (AvgIpc) is 2.68. The molecule has 0 fully saturated rings. The molecular weight excluding hydrogens is 318 g/mol.